The summed E-state index contributed by atoms with van der Waals surface area (Å²) in [4.78, 5) is 35.3. The van der Waals surface area contributed by atoms with Gasteiger partial charge in [0, 0.05) is 11.3 Å². The Balaban J connectivity index is 1.92. The van der Waals surface area contributed by atoms with Crippen LogP contribution in [0.1, 0.15) is 24.2 Å². The van der Waals surface area contributed by atoms with E-state index >= 15 is 0 Å². The minimum Gasteiger partial charge on any atom is -0.452 e. The number of nitrogens with one attached hydrogen (secondary N) is 2. The second kappa shape index (κ2) is 10.0. The molecule has 2 rings (SSSR count). The Labute approximate surface area is 183 Å². The van der Waals surface area contributed by atoms with E-state index in [4.69, 9.17) is 27.9 Å². The fraction of sp³-hybridized carbons (Fsp3) is 0.211. The van der Waals surface area contributed by atoms with Crippen molar-refractivity contribution in [1.29, 1.82) is 0 Å². The van der Waals surface area contributed by atoms with Gasteiger partial charge in [0.1, 0.15) is 6.54 Å². The fourth-order valence-electron chi connectivity index (χ4n) is 2.23. The van der Waals surface area contributed by atoms with Gasteiger partial charge in [-0.25, -0.2) is 8.42 Å². The highest BCUT2D eigenvalue weighted by molar-refractivity contribution is 7.89. The van der Waals surface area contributed by atoms with Crippen LogP contribution in [0.25, 0.3) is 0 Å². The summed E-state index contributed by atoms with van der Waals surface area (Å²) in [5.41, 5.74) is 0.769. The number of carbonyl (C=O) groups is 3. The number of amides is 1. The molecule has 30 heavy (non-hydrogen) atoms. The predicted molar refractivity (Wildman–Crippen MR) is 112 cm³/mol. The maximum absolute atomic E-state index is 12.2. The molecule has 0 aromatic heterocycles. The van der Waals surface area contributed by atoms with Gasteiger partial charge < -0.3 is 10.1 Å². The zero-order valence-electron chi connectivity index (χ0n) is 15.9. The van der Waals surface area contributed by atoms with E-state index in [2.05, 4.69) is 10.0 Å². The van der Waals surface area contributed by atoms with E-state index < -0.39 is 34.5 Å². The van der Waals surface area contributed by atoms with Crippen molar-refractivity contribution in [1.82, 2.24) is 4.72 Å². The third-order valence-electron chi connectivity index (χ3n) is 3.82. The Morgan fingerprint density at radius 2 is 1.77 bits per heavy atom. The topological polar surface area (TPSA) is 119 Å². The molecule has 1 amide bonds. The van der Waals surface area contributed by atoms with Crippen LogP contribution in [0.5, 0.6) is 0 Å². The number of Topliss-reactive ketones (excluding diaryl/α,β-unsaturated/α-hetero) is 1. The highest BCUT2D eigenvalue weighted by atomic mass is 35.5. The Kier molecular flexibility index (Phi) is 7.96. The molecule has 0 saturated heterocycles. The van der Waals surface area contributed by atoms with Gasteiger partial charge in [0.25, 0.3) is 5.91 Å². The van der Waals surface area contributed by atoms with Crippen LogP contribution in [0.2, 0.25) is 10.0 Å². The van der Waals surface area contributed by atoms with Gasteiger partial charge in [0.2, 0.25) is 10.0 Å². The van der Waals surface area contributed by atoms with Crippen LogP contribution in [-0.2, 0) is 24.3 Å². The SMILES string of the molecule is CC(=O)c1cccc(NC(=O)C(C)OC(=O)CNS(=O)(=O)c2ccc(Cl)c(Cl)c2)c1. The van der Waals surface area contributed by atoms with Crippen molar-refractivity contribution in [2.24, 2.45) is 0 Å². The third kappa shape index (κ3) is 6.53. The van der Waals surface area contributed by atoms with Crippen LogP contribution in [-0.4, -0.2) is 38.7 Å². The summed E-state index contributed by atoms with van der Waals surface area (Å²) in [6, 6.07) is 9.94. The van der Waals surface area contributed by atoms with Gasteiger partial charge in [-0.3, -0.25) is 14.4 Å². The molecule has 2 aromatic carbocycles. The van der Waals surface area contributed by atoms with E-state index in [0.29, 0.717) is 11.3 Å². The highest BCUT2D eigenvalue weighted by Crippen LogP contribution is 2.24. The largest absolute Gasteiger partial charge is 0.452 e. The van der Waals surface area contributed by atoms with Gasteiger partial charge in [-0.05, 0) is 44.2 Å². The van der Waals surface area contributed by atoms with Gasteiger partial charge in [0.15, 0.2) is 11.9 Å². The smallest absolute Gasteiger partial charge is 0.321 e. The lowest BCUT2D eigenvalue weighted by molar-refractivity contribution is -0.151. The second-order valence-electron chi connectivity index (χ2n) is 6.16. The molecule has 0 saturated carbocycles. The molecule has 1 atom stereocenters. The van der Waals surface area contributed by atoms with Crippen molar-refractivity contribution in [3.8, 4) is 0 Å². The van der Waals surface area contributed by atoms with Gasteiger partial charge >= 0.3 is 5.97 Å². The second-order valence-corrected chi connectivity index (χ2v) is 8.74. The zero-order valence-corrected chi connectivity index (χ0v) is 18.3. The molecule has 2 aromatic rings. The lowest BCUT2D eigenvalue weighted by atomic mass is 10.1. The molecule has 0 radical (unpaired) electrons. The van der Waals surface area contributed by atoms with Crippen molar-refractivity contribution in [3.05, 3.63) is 58.1 Å². The van der Waals surface area contributed by atoms with Gasteiger partial charge in [-0.15, -0.1) is 0 Å². The number of anilines is 1. The molecule has 160 valence electrons. The first kappa shape index (κ1) is 23.8. The lowest BCUT2D eigenvalue weighted by Crippen LogP contribution is -2.35. The molecule has 11 heteroatoms. The summed E-state index contributed by atoms with van der Waals surface area (Å²) < 4.78 is 31.4. The number of halogens is 2. The lowest BCUT2D eigenvalue weighted by Gasteiger charge is -2.14. The van der Waals surface area contributed by atoms with Crippen molar-refractivity contribution < 1.29 is 27.5 Å². The molecule has 0 aliphatic carbocycles. The van der Waals surface area contributed by atoms with Gasteiger partial charge in [-0.2, -0.15) is 4.72 Å². The molecular formula is C19H18Cl2N2O6S. The number of benzene rings is 2. The van der Waals surface area contributed by atoms with E-state index in [1.54, 1.807) is 18.2 Å². The zero-order chi connectivity index (χ0) is 22.5. The Morgan fingerprint density at radius 3 is 2.40 bits per heavy atom. The van der Waals surface area contributed by atoms with Crippen molar-refractivity contribution in [2.75, 3.05) is 11.9 Å². The molecule has 0 heterocycles. The minimum atomic E-state index is -4.04. The van der Waals surface area contributed by atoms with E-state index in [9.17, 15) is 22.8 Å². The molecule has 0 aliphatic heterocycles. The van der Waals surface area contributed by atoms with Crippen LogP contribution in [0.3, 0.4) is 0 Å². The fourth-order valence-corrected chi connectivity index (χ4v) is 3.59. The first-order valence-electron chi connectivity index (χ1n) is 8.55. The van der Waals surface area contributed by atoms with Crippen LogP contribution < -0.4 is 10.0 Å². The van der Waals surface area contributed by atoms with E-state index in [-0.39, 0.29) is 20.7 Å². The molecule has 0 bridgehead atoms. The quantitative estimate of drug-likeness (QED) is 0.450. The van der Waals surface area contributed by atoms with Crippen LogP contribution in [0.15, 0.2) is 47.4 Å². The van der Waals surface area contributed by atoms with Crippen molar-refractivity contribution >= 4 is 56.6 Å². The normalized spacial score (nSPS) is 12.1. The van der Waals surface area contributed by atoms with Gasteiger partial charge in [-0.1, -0.05) is 35.3 Å². The van der Waals surface area contributed by atoms with Crippen LogP contribution >= 0.6 is 23.2 Å². The third-order valence-corrected chi connectivity index (χ3v) is 5.96. The molecule has 0 aliphatic rings. The van der Waals surface area contributed by atoms with Crippen molar-refractivity contribution in [2.45, 2.75) is 24.8 Å². The summed E-state index contributed by atoms with van der Waals surface area (Å²) >= 11 is 11.6. The number of sulfonamides is 1. The van der Waals surface area contributed by atoms with Crippen LogP contribution in [0, 0.1) is 0 Å². The minimum absolute atomic E-state index is 0.0428. The molecule has 0 fully saturated rings. The number of ketones is 1. The van der Waals surface area contributed by atoms with E-state index in [0.717, 1.165) is 6.07 Å². The number of esters is 1. The summed E-state index contributed by atoms with van der Waals surface area (Å²) in [6.45, 7) is 2.03. The number of ether oxygens (including phenoxy) is 1. The number of rotatable bonds is 8. The maximum Gasteiger partial charge on any atom is 0.321 e. The molecule has 1 unspecified atom stereocenters. The highest BCUT2D eigenvalue weighted by Gasteiger charge is 2.21. The summed E-state index contributed by atoms with van der Waals surface area (Å²) in [6.07, 6.45) is -1.20. The average Bonchev–Trinajstić information content (AvgIpc) is 2.68. The molecule has 8 nitrogen and oxygen atoms in total. The summed E-state index contributed by atoms with van der Waals surface area (Å²) in [5.74, 6) is -1.77. The van der Waals surface area contributed by atoms with Gasteiger partial charge in [0.05, 0.1) is 14.9 Å². The Morgan fingerprint density at radius 1 is 1.07 bits per heavy atom. The standard InChI is InChI=1S/C19H18Cl2N2O6S/c1-11(24)13-4-3-5-14(8-13)23-19(26)12(2)29-18(25)10-22-30(27,28)15-6-7-16(20)17(21)9-15/h3-9,12,22H,10H2,1-2H3,(H,23,26). The molecular weight excluding hydrogens is 455 g/mol. The van der Waals surface area contributed by atoms with E-state index in [1.165, 1.54) is 32.0 Å². The first-order chi connectivity index (χ1) is 14.0. The maximum atomic E-state index is 12.2. The summed E-state index contributed by atoms with van der Waals surface area (Å²) in [7, 11) is -4.04. The summed E-state index contributed by atoms with van der Waals surface area (Å²) in [5, 5.41) is 2.74. The Hall–Kier alpha value is -2.46. The molecule has 2 N–H and O–H groups in total. The molecule has 0 spiro atoms. The van der Waals surface area contributed by atoms with Crippen molar-refractivity contribution in [3.63, 3.8) is 0 Å². The number of hydrogen-bond acceptors (Lipinski definition) is 6. The Bertz CT molecular complexity index is 1090. The average molecular weight is 473 g/mol. The number of hydrogen-bond donors (Lipinski definition) is 2. The monoisotopic (exact) mass is 472 g/mol. The number of carbonyl (C=O) groups excluding carboxylic acids is 3. The van der Waals surface area contributed by atoms with E-state index in [1.807, 2.05) is 0 Å². The van der Waals surface area contributed by atoms with Crippen LogP contribution in [0.4, 0.5) is 5.69 Å². The predicted octanol–water partition coefficient (Wildman–Crippen LogP) is 3.04. The first-order valence-corrected chi connectivity index (χ1v) is 10.8.